The first kappa shape index (κ1) is 18.5. The molecule has 2 aromatic rings. The highest BCUT2D eigenvalue weighted by atomic mass is 32.1. The van der Waals surface area contributed by atoms with E-state index in [1.807, 2.05) is 25.1 Å². The zero-order chi connectivity index (χ0) is 18.5. The highest BCUT2D eigenvalue weighted by Gasteiger charge is 2.23. The molecular formula is C18H22N4O3S. The molecule has 0 saturated heterocycles. The Labute approximate surface area is 156 Å². The van der Waals surface area contributed by atoms with Crippen LogP contribution in [0, 0.1) is 0 Å². The van der Waals surface area contributed by atoms with Crippen molar-refractivity contribution in [2.45, 2.75) is 32.6 Å². The molecule has 138 valence electrons. The number of hydrogen-bond donors (Lipinski definition) is 1. The van der Waals surface area contributed by atoms with Crippen molar-refractivity contribution in [3.05, 3.63) is 34.3 Å². The molecule has 2 amide bonds. The van der Waals surface area contributed by atoms with E-state index in [2.05, 4.69) is 14.9 Å². The Balaban J connectivity index is 1.81. The number of ether oxygens (including phenoxy) is 1. The van der Waals surface area contributed by atoms with Gasteiger partial charge in [-0.05, 0) is 48.5 Å². The normalized spacial score (nSPS) is 13.4. The molecule has 26 heavy (non-hydrogen) atoms. The van der Waals surface area contributed by atoms with Gasteiger partial charge >= 0.3 is 0 Å². The van der Waals surface area contributed by atoms with E-state index in [4.69, 9.17) is 4.74 Å². The van der Waals surface area contributed by atoms with Crippen molar-refractivity contribution in [3.63, 3.8) is 0 Å². The Morgan fingerprint density at radius 2 is 2.23 bits per heavy atom. The van der Waals surface area contributed by atoms with Gasteiger partial charge in [-0.25, -0.2) is 0 Å². The molecule has 1 aliphatic heterocycles. The summed E-state index contributed by atoms with van der Waals surface area (Å²) in [5, 5.41) is 6.94. The van der Waals surface area contributed by atoms with E-state index < -0.39 is 0 Å². The van der Waals surface area contributed by atoms with Gasteiger partial charge in [-0.3, -0.25) is 9.59 Å². The van der Waals surface area contributed by atoms with Crippen LogP contribution in [0.1, 0.15) is 40.7 Å². The number of methoxy groups -OCH3 is 1. The second-order valence-electron chi connectivity index (χ2n) is 6.18. The number of amides is 2. The van der Waals surface area contributed by atoms with E-state index in [-0.39, 0.29) is 18.4 Å². The van der Waals surface area contributed by atoms with Crippen molar-refractivity contribution in [3.8, 4) is 0 Å². The van der Waals surface area contributed by atoms with Crippen LogP contribution in [0.2, 0.25) is 0 Å². The number of aryl methyl sites for hydroxylation is 2. The molecular weight excluding hydrogens is 352 g/mol. The summed E-state index contributed by atoms with van der Waals surface area (Å²) in [5.41, 5.74) is 3.32. The largest absolute Gasteiger partial charge is 0.375 e. The Morgan fingerprint density at radius 1 is 1.38 bits per heavy atom. The van der Waals surface area contributed by atoms with Crippen molar-refractivity contribution in [1.82, 2.24) is 9.59 Å². The Bertz CT molecular complexity index is 805. The maximum Gasteiger partial charge on any atom is 0.269 e. The smallest absolute Gasteiger partial charge is 0.269 e. The number of aromatic nitrogens is 2. The lowest BCUT2D eigenvalue weighted by molar-refractivity contribution is -0.122. The molecule has 1 aromatic carbocycles. The molecule has 1 aliphatic rings. The number of hydrogen-bond acceptors (Lipinski definition) is 6. The molecule has 7 nitrogen and oxygen atoms in total. The van der Waals surface area contributed by atoms with Crippen molar-refractivity contribution < 1.29 is 14.3 Å². The van der Waals surface area contributed by atoms with Gasteiger partial charge in [-0.2, -0.15) is 0 Å². The van der Waals surface area contributed by atoms with Crippen molar-refractivity contribution in [2.75, 3.05) is 30.5 Å². The molecule has 0 unspecified atom stereocenters. The summed E-state index contributed by atoms with van der Waals surface area (Å²) < 4.78 is 8.87. The summed E-state index contributed by atoms with van der Waals surface area (Å²) in [4.78, 5) is 27.1. The maximum absolute atomic E-state index is 12.6. The Morgan fingerprint density at radius 3 is 3.00 bits per heavy atom. The molecule has 0 spiro atoms. The Hall–Kier alpha value is -2.32. The van der Waals surface area contributed by atoms with Crippen LogP contribution in [0.5, 0.6) is 0 Å². The van der Waals surface area contributed by atoms with Crippen LogP contribution in [0.15, 0.2) is 18.2 Å². The lowest BCUT2D eigenvalue weighted by Crippen LogP contribution is -2.37. The zero-order valence-corrected chi connectivity index (χ0v) is 15.8. The van der Waals surface area contributed by atoms with Gasteiger partial charge in [0.2, 0.25) is 0 Å². The number of nitrogens with zero attached hydrogens (tertiary/aromatic N) is 3. The molecule has 0 bridgehead atoms. The number of rotatable bonds is 6. The number of carbonyl (C=O) groups excluding carboxylic acids is 2. The van der Waals surface area contributed by atoms with Crippen LogP contribution in [0.4, 0.5) is 11.4 Å². The third kappa shape index (κ3) is 3.91. The summed E-state index contributed by atoms with van der Waals surface area (Å²) >= 11 is 1.10. The van der Waals surface area contributed by atoms with Gasteiger partial charge in [-0.1, -0.05) is 23.9 Å². The first-order valence-corrected chi connectivity index (χ1v) is 9.46. The van der Waals surface area contributed by atoms with Gasteiger partial charge < -0.3 is 15.0 Å². The quantitative estimate of drug-likeness (QED) is 0.840. The predicted molar refractivity (Wildman–Crippen MR) is 101 cm³/mol. The van der Waals surface area contributed by atoms with Gasteiger partial charge in [-0.15, -0.1) is 5.10 Å². The molecule has 2 heterocycles. The standard InChI is InChI=1S/C18H22N4O3S/c1-3-5-14-17(26-21-20-14)18(24)19-13-8-7-12-6-4-9-22(15(12)10-13)16(23)11-25-2/h7-8,10H,3-6,9,11H2,1-2H3,(H,19,24). The van der Waals surface area contributed by atoms with Gasteiger partial charge in [0.15, 0.2) is 0 Å². The molecule has 0 saturated carbocycles. The molecule has 1 aromatic heterocycles. The molecule has 1 N–H and O–H groups in total. The molecule has 0 atom stereocenters. The van der Waals surface area contributed by atoms with E-state index in [0.717, 1.165) is 54.2 Å². The van der Waals surface area contributed by atoms with Gasteiger partial charge in [0.05, 0.1) is 5.69 Å². The lowest BCUT2D eigenvalue weighted by atomic mass is 10.0. The Kier molecular flexibility index (Phi) is 5.95. The summed E-state index contributed by atoms with van der Waals surface area (Å²) in [6.45, 7) is 2.74. The highest BCUT2D eigenvalue weighted by Crippen LogP contribution is 2.30. The van der Waals surface area contributed by atoms with E-state index in [1.54, 1.807) is 4.90 Å². The zero-order valence-electron chi connectivity index (χ0n) is 14.9. The summed E-state index contributed by atoms with van der Waals surface area (Å²) in [6, 6.07) is 5.69. The summed E-state index contributed by atoms with van der Waals surface area (Å²) in [7, 11) is 1.51. The van der Waals surface area contributed by atoms with E-state index in [9.17, 15) is 9.59 Å². The fraction of sp³-hybridized carbons (Fsp3) is 0.444. The molecule has 8 heteroatoms. The summed E-state index contributed by atoms with van der Waals surface area (Å²) in [6.07, 6.45) is 3.46. The monoisotopic (exact) mass is 374 g/mol. The molecule has 0 fully saturated rings. The second-order valence-corrected chi connectivity index (χ2v) is 6.93. The van der Waals surface area contributed by atoms with E-state index in [0.29, 0.717) is 17.1 Å². The van der Waals surface area contributed by atoms with Crippen molar-refractivity contribution in [2.24, 2.45) is 0 Å². The van der Waals surface area contributed by atoms with Crippen LogP contribution in [0.3, 0.4) is 0 Å². The number of anilines is 2. The van der Waals surface area contributed by atoms with Crippen LogP contribution in [-0.2, 0) is 22.4 Å². The average molecular weight is 374 g/mol. The van der Waals surface area contributed by atoms with Crippen molar-refractivity contribution >= 4 is 34.7 Å². The molecule has 3 rings (SSSR count). The van der Waals surface area contributed by atoms with Gasteiger partial charge in [0.1, 0.15) is 11.5 Å². The first-order chi connectivity index (χ1) is 12.6. The fourth-order valence-corrected chi connectivity index (χ4v) is 3.69. The highest BCUT2D eigenvalue weighted by molar-refractivity contribution is 7.08. The third-order valence-corrected chi connectivity index (χ3v) is 5.05. The minimum Gasteiger partial charge on any atom is -0.375 e. The minimum atomic E-state index is -0.214. The van der Waals surface area contributed by atoms with Crippen LogP contribution >= 0.6 is 11.5 Å². The van der Waals surface area contributed by atoms with Gasteiger partial charge in [0, 0.05) is 25.0 Å². The lowest BCUT2D eigenvalue weighted by Gasteiger charge is -2.29. The predicted octanol–water partition coefficient (Wildman–Crippen LogP) is 2.67. The molecule has 0 radical (unpaired) electrons. The summed E-state index contributed by atoms with van der Waals surface area (Å²) in [5.74, 6) is -0.289. The number of carbonyl (C=O) groups is 2. The second kappa shape index (κ2) is 8.37. The third-order valence-electron chi connectivity index (χ3n) is 4.28. The number of fused-ring (bicyclic) bond motifs is 1. The fourth-order valence-electron chi connectivity index (χ4n) is 3.08. The average Bonchev–Trinajstić information content (AvgIpc) is 3.10. The maximum atomic E-state index is 12.6. The topological polar surface area (TPSA) is 84.4 Å². The van der Waals surface area contributed by atoms with Crippen LogP contribution in [-0.4, -0.2) is 41.7 Å². The SMILES string of the molecule is CCCc1nnsc1C(=O)Nc1ccc2c(c1)N(C(=O)COC)CCC2. The van der Waals surface area contributed by atoms with Crippen molar-refractivity contribution in [1.29, 1.82) is 0 Å². The first-order valence-electron chi connectivity index (χ1n) is 8.68. The van der Waals surface area contributed by atoms with Crippen LogP contribution in [0.25, 0.3) is 0 Å². The minimum absolute atomic E-state index is 0.0446. The van der Waals surface area contributed by atoms with E-state index in [1.165, 1.54) is 7.11 Å². The van der Waals surface area contributed by atoms with Gasteiger partial charge in [0.25, 0.3) is 11.8 Å². The number of benzene rings is 1. The molecule has 0 aliphatic carbocycles. The number of nitrogens with one attached hydrogen (secondary N) is 1. The van der Waals surface area contributed by atoms with E-state index >= 15 is 0 Å². The van der Waals surface area contributed by atoms with Crippen LogP contribution < -0.4 is 10.2 Å².